The van der Waals surface area contributed by atoms with E-state index in [1.165, 1.54) is 36.2 Å². The van der Waals surface area contributed by atoms with Crippen molar-refractivity contribution in [2.75, 3.05) is 25.0 Å². The van der Waals surface area contributed by atoms with Crippen LogP contribution in [-0.4, -0.2) is 36.3 Å². The number of nitrogens with zero attached hydrogens (tertiary/aromatic N) is 1. The molecule has 2 N–H and O–H groups in total. The van der Waals surface area contributed by atoms with Gasteiger partial charge >= 0.3 is 0 Å². The van der Waals surface area contributed by atoms with Crippen molar-refractivity contribution in [1.82, 2.24) is 10.2 Å². The molecule has 0 aromatic heterocycles. The van der Waals surface area contributed by atoms with Crippen molar-refractivity contribution in [2.24, 2.45) is 0 Å². The van der Waals surface area contributed by atoms with Gasteiger partial charge < -0.3 is 10.6 Å². The standard InChI is InChI=1S/C21H24FN3O2/c1-15(26)24-20-13-17(7-8-19(20)22)21(27)23-10-4-11-25-12-9-16-5-2-3-6-18(16)14-25/h2-3,5-8,13H,4,9-12,14H2,1H3,(H,23,27)(H,24,26). The van der Waals surface area contributed by atoms with Gasteiger partial charge in [-0.25, -0.2) is 4.39 Å². The minimum atomic E-state index is -0.563. The Balaban J connectivity index is 1.46. The summed E-state index contributed by atoms with van der Waals surface area (Å²) in [5.74, 6) is -1.22. The van der Waals surface area contributed by atoms with Crippen LogP contribution in [0.3, 0.4) is 0 Å². The summed E-state index contributed by atoms with van der Waals surface area (Å²) in [4.78, 5) is 25.7. The van der Waals surface area contributed by atoms with Crippen LogP contribution < -0.4 is 10.6 Å². The van der Waals surface area contributed by atoms with Gasteiger partial charge in [-0.05, 0) is 42.2 Å². The molecule has 2 aromatic rings. The van der Waals surface area contributed by atoms with Gasteiger partial charge in [0.15, 0.2) is 0 Å². The highest BCUT2D eigenvalue weighted by atomic mass is 19.1. The zero-order valence-corrected chi connectivity index (χ0v) is 15.4. The van der Waals surface area contributed by atoms with Crippen LogP contribution in [0.4, 0.5) is 10.1 Å². The van der Waals surface area contributed by atoms with E-state index < -0.39 is 5.82 Å². The summed E-state index contributed by atoms with van der Waals surface area (Å²) in [5, 5.41) is 5.24. The molecule has 0 saturated carbocycles. The number of hydrogen-bond acceptors (Lipinski definition) is 3. The van der Waals surface area contributed by atoms with Crippen molar-refractivity contribution < 1.29 is 14.0 Å². The first-order chi connectivity index (χ1) is 13.0. The number of halogens is 1. The first-order valence-electron chi connectivity index (χ1n) is 9.17. The van der Waals surface area contributed by atoms with Gasteiger partial charge in [-0.2, -0.15) is 0 Å². The first-order valence-corrected chi connectivity index (χ1v) is 9.17. The summed E-state index contributed by atoms with van der Waals surface area (Å²) >= 11 is 0. The highest BCUT2D eigenvalue weighted by Crippen LogP contribution is 2.18. The van der Waals surface area contributed by atoms with E-state index in [4.69, 9.17) is 0 Å². The maximum absolute atomic E-state index is 13.7. The third-order valence-corrected chi connectivity index (χ3v) is 4.69. The van der Waals surface area contributed by atoms with E-state index in [1.807, 2.05) is 0 Å². The van der Waals surface area contributed by atoms with Crippen LogP contribution in [0.1, 0.15) is 34.8 Å². The van der Waals surface area contributed by atoms with Crippen LogP contribution >= 0.6 is 0 Å². The number of carbonyl (C=O) groups is 2. The molecule has 0 saturated heterocycles. The van der Waals surface area contributed by atoms with Crippen LogP contribution in [0.25, 0.3) is 0 Å². The van der Waals surface area contributed by atoms with E-state index in [2.05, 4.69) is 39.8 Å². The molecule has 0 atom stereocenters. The van der Waals surface area contributed by atoms with Crippen molar-refractivity contribution in [2.45, 2.75) is 26.3 Å². The van der Waals surface area contributed by atoms with E-state index in [9.17, 15) is 14.0 Å². The molecular weight excluding hydrogens is 345 g/mol. The molecule has 0 aliphatic carbocycles. The minimum Gasteiger partial charge on any atom is -0.352 e. The summed E-state index contributed by atoms with van der Waals surface area (Å²) in [7, 11) is 0. The van der Waals surface area contributed by atoms with Gasteiger partial charge in [-0.15, -0.1) is 0 Å². The SMILES string of the molecule is CC(=O)Nc1cc(C(=O)NCCCN2CCc3ccccc3C2)ccc1F. The minimum absolute atomic E-state index is 0.0159. The van der Waals surface area contributed by atoms with Gasteiger partial charge in [-0.1, -0.05) is 24.3 Å². The second-order valence-corrected chi connectivity index (χ2v) is 6.78. The molecule has 2 amide bonds. The average Bonchev–Trinajstić information content (AvgIpc) is 2.66. The molecule has 1 heterocycles. The molecule has 3 rings (SSSR count). The summed E-state index contributed by atoms with van der Waals surface area (Å²) in [6.07, 6.45) is 1.90. The lowest BCUT2D eigenvalue weighted by atomic mass is 10.00. The fraction of sp³-hybridized carbons (Fsp3) is 0.333. The van der Waals surface area contributed by atoms with Crippen LogP contribution in [0.5, 0.6) is 0 Å². The van der Waals surface area contributed by atoms with E-state index in [-0.39, 0.29) is 17.5 Å². The normalized spacial score (nSPS) is 13.7. The number of carbonyl (C=O) groups excluding carboxylic acids is 2. The second kappa shape index (κ2) is 8.77. The third kappa shape index (κ3) is 5.14. The van der Waals surface area contributed by atoms with Crippen LogP contribution in [0.15, 0.2) is 42.5 Å². The zero-order chi connectivity index (χ0) is 19.2. The Morgan fingerprint density at radius 2 is 1.93 bits per heavy atom. The third-order valence-electron chi connectivity index (χ3n) is 4.69. The smallest absolute Gasteiger partial charge is 0.251 e. The summed E-state index contributed by atoms with van der Waals surface area (Å²) in [6.45, 7) is 4.73. The summed E-state index contributed by atoms with van der Waals surface area (Å²) in [6, 6.07) is 12.5. The monoisotopic (exact) mass is 369 g/mol. The number of hydrogen-bond donors (Lipinski definition) is 2. The molecule has 0 radical (unpaired) electrons. The molecular formula is C21H24FN3O2. The Kier molecular flexibility index (Phi) is 6.19. The molecule has 1 aliphatic rings. The molecule has 5 nitrogen and oxygen atoms in total. The molecule has 27 heavy (non-hydrogen) atoms. The average molecular weight is 369 g/mol. The molecule has 0 bridgehead atoms. The molecule has 0 fully saturated rings. The first kappa shape index (κ1) is 19.0. The number of amides is 2. The zero-order valence-electron chi connectivity index (χ0n) is 15.4. The maximum Gasteiger partial charge on any atom is 0.251 e. The second-order valence-electron chi connectivity index (χ2n) is 6.78. The van der Waals surface area contributed by atoms with Crippen molar-refractivity contribution in [1.29, 1.82) is 0 Å². The molecule has 6 heteroatoms. The van der Waals surface area contributed by atoms with Gasteiger partial charge in [-0.3, -0.25) is 14.5 Å². The van der Waals surface area contributed by atoms with E-state index >= 15 is 0 Å². The number of benzene rings is 2. The number of anilines is 1. The van der Waals surface area contributed by atoms with Gasteiger partial charge in [0.1, 0.15) is 5.82 Å². The topological polar surface area (TPSA) is 61.4 Å². The summed E-state index contributed by atoms with van der Waals surface area (Å²) in [5.41, 5.74) is 3.15. The van der Waals surface area contributed by atoms with Crippen LogP contribution in [0, 0.1) is 5.82 Å². The summed E-state index contributed by atoms with van der Waals surface area (Å²) < 4.78 is 13.7. The Labute approximate surface area is 158 Å². The van der Waals surface area contributed by atoms with Crippen molar-refractivity contribution in [3.05, 3.63) is 65.0 Å². The van der Waals surface area contributed by atoms with E-state index in [0.717, 1.165) is 32.5 Å². The lowest BCUT2D eigenvalue weighted by molar-refractivity contribution is -0.114. The predicted octanol–water partition coefficient (Wildman–Crippen LogP) is 2.96. The number of fused-ring (bicyclic) bond motifs is 1. The van der Waals surface area contributed by atoms with Crippen LogP contribution in [0.2, 0.25) is 0 Å². The Bertz CT molecular complexity index is 838. The van der Waals surface area contributed by atoms with Gasteiger partial charge in [0.25, 0.3) is 5.91 Å². The lowest BCUT2D eigenvalue weighted by Crippen LogP contribution is -2.33. The quantitative estimate of drug-likeness (QED) is 0.770. The molecule has 2 aromatic carbocycles. The highest BCUT2D eigenvalue weighted by molar-refractivity contribution is 5.96. The van der Waals surface area contributed by atoms with Crippen molar-refractivity contribution >= 4 is 17.5 Å². The van der Waals surface area contributed by atoms with Crippen molar-refractivity contribution in [3.63, 3.8) is 0 Å². The Morgan fingerprint density at radius 3 is 2.70 bits per heavy atom. The Hall–Kier alpha value is -2.73. The number of nitrogens with one attached hydrogen (secondary N) is 2. The predicted molar refractivity (Wildman–Crippen MR) is 103 cm³/mol. The number of rotatable bonds is 6. The largest absolute Gasteiger partial charge is 0.352 e. The van der Waals surface area contributed by atoms with Crippen molar-refractivity contribution in [3.8, 4) is 0 Å². The van der Waals surface area contributed by atoms with Gasteiger partial charge in [0, 0.05) is 38.7 Å². The van der Waals surface area contributed by atoms with Crippen LogP contribution in [-0.2, 0) is 17.8 Å². The molecule has 0 spiro atoms. The highest BCUT2D eigenvalue weighted by Gasteiger charge is 2.15. The molecule has 142 valence electrons. The fourth-order valence-corrected chi connectivity index (χ4v) is 3.30. The van der Waals surface area contributed by atoms with Gasteiger partial charge in [0.2, 0.25) is 5.91 Å². The van der Waals surface area contributed by atoms with E-state index in [0.29, 0.717) is 12.1 Å². The fourth-order valence-electron chi connectivity index (χ4n) is 3.30. The van der Waals surface area contributed by atoms with Gasteiger partial charge in [0.05, 0.1) is 5.69 Å². The Morgan fingerprint density at radius 1 is 1.15 bits per heavy atom. The van der Waals surface area contributed by atoms with E-state index in [1.54, 1.807) is 0 Å². The lowest BCUT2D eigenvalue weighted by Gasteiger charge is -2.28. The molecule has 1 aliphatic heterocycles. The molecule has 0 unspecified atom stereocenters. The maximum atomic E-state index is 13.7.